The summed E-state index contributed by atoms with van der Waals surface area (Å²) < 4.78 is 5.19. The van der Waals surface area contributed by atoms with E-state index in [4.69, 9.17) is 16.2 Å². The van der Waals surface area contributed by atoms with Crippen molar-refractivity contribution in [3.8, 4) is 5.75 Å². The predicted octanol–water partition coefficient (Wildman–Crippen LogP) is 1.91. The Morgan fingerprint density at radius 3 is 2.83 bits per heavy atom. The minimum Gasteiger partial charge on any atom is -0.497 e. The van der Waals surface area contributed by atoms with Crippen molar-refractivity contribution < 1.29 is 4.74 Å². The van der Waals surface area contributed by atoms with Gasteiger partial charge in [-0.1, -0.05) is 18.2 Å². The SMILES string of the molecule is COc1cccc(CC(N)c2cccnc2N)c1. The summed E-state index contributed by atoms with van der Waals surface area (Å²) in [7, 11) is 1.65. The molecule has 0 spiro atoms. The van der Waals surface area contributed by atoms with Gasteiger partial charge >= 0.3 is 0 Å². The second kappa shape index (κ2) is 5.51. The summed E-state index contributed by atoms with van der Waals surface area (Å²) in [6, 6.07) is 11.5. The van der Waals surface area contributed by atoms with Crippen LogP contribution in [0.1, 0.15) is 17.2 Å². The van der Waals surface area contributed by atoms with E-state index in [0.29, 0.717) is 12.2 Å². The Labute approximate surface area is 107 Å². The summed E-state index contributed by atoms with van der Waals surface area (Å²) >= 11 is 0. The quantitative estimate of drug-likeness (QED) is 0.860. The Hall–Kier alpha value is -2.07. The molecule has 4 heteroatoms. The highest BCUT2D eigenvalue weighted by molar-refractivity contribution is 5.41. The van der Waals surface area contributed by atoms with Gasteiger partial charge in [-0.2, -0.15) is 0 Å². The topological polar surface area (TPSA) is 74.2 Å². The van der Waals surface area contributed by atoms with Crippen LogP contribution < -0.4 is 16.2 Å². The number of nitrogen functional groups attached to an aromatic ring is 1. The van der Waals surface area contributed by atoms with E-state index in [1.807, 2.05) is 36.4 Å². The molecule has 2 rings (SSSR count). The fourth-order valence-electron chi connectivity index (χ4n) is 1.91. The number of anilines is 1. The average molecular weight is 243 g/mol. The molecule has 1 aromatic carbocycles. The van der Waals surface area contributed by atoms with E-state index in [1.165, 1.54) is 0 Å². The third-order valence-electron chi connectivity index (χ3n) is 2.86. The van der Waals surface area contributed by atoms with Crippen molar-refractivity contribution in [3.05, 3.63) is 53.7 Å². The second-order valence-electron chi connectivity index (χ2n) is 4.14. The summed E-state index contributed by atoms with van der Waals surface area (Å²) in [6.07, 6.45) is 2.37. The Morgan fingerprint density at radius 2 is 2.11 bits per heavy atom. The molecule has 0 radical (unpaired) electrons. The Bertz CT molecular complexity index is 528. The Morgan fingerprint density at radius 1 is 1.28 bits per heavy atom. The van der Waals surface area contributed by atoms with Gasteiger partial charge in [0, 0.05) is 17.8 Å². The first-order chi connectivity index (χ1) is 8.70. The number of rotatable bonds is 4. The highest BCUT2D eigenvalue weighted by Gasteiger charge is 2.11. The standard InChI is InChI=1S/C14H17N3O/c1-18-11-5-2-4-10(8-11)9-13(15)12-6-3-7-17-14(12)16/h2-8,13H,9,15H2,1H3,(H2,16,17). The number of benzene rings is 1. The van der Waals surface area contributed by atoms with Gasteiger partial charge in [-0.15, -0.1) is 0 Å². The molecule has 0 aliphatic rings. The van der Waals surface area contributed by atoms with Gasteiger partial charge in [-0.05, 0) is 30.2 Å². The van der Waals surface area contributed by atoms with E-state index in [-0.39, 0.29) is 6.04 Å². The van der Waals surface area contributed by atoms with Crippen molar-refractivity contribution in [1.82, 2.24) is 4.98 Å². The predicted molar refractivity (Wildman–Crippen MR) is 72.3 cm³/mol. The average Bonchev–Trinajstić information content (AvgIpc) is 2.39. The zero-order chi connectivity index (χ0) is 13.0. The summed E-state index contributed by atoms with van der Waals surface area (Å²) in [6.45, 7) is 0. The number of methoxy groups -OCH3 is 1. The summed E-state index contributed by atoms with van der Waals surface area (Å²) in [5.41, 5.74) is 14.0. The van der Waals surface area contributed by atoms with Crippen molar-refractivity contribution in [3.63, 3.8) is 0 Å². The largest absolute Gasteiger partial charge is 0.497 e. The van der Waals surface area contributed by atoms with Crippen molar-refractivity contribution in [1.29, 1.82) is 0 Å². The molecule has 0 saturated heterocycles. The van der Waals surface area contributed by atoms with Gasteiger partial charge in [0.2, 0.25) is 0 Å². The molecule has 1 heterocycles. The van der Waals surface area contributed by atoms with E-state index >= 15 is 0 Å². The molecule has 4 nitrogen and oxygen atoms in total. The minimum absolute atomic E-state index is 0.161. The third kappa shape index (κ3) is 2.78. The van der Waals surface area contributed by atoms with E-state index in [1.54, 1.807) is 13.3 Å². The van der Waals surface area contributed by atoms with Crippen LogP contribution in [-0.4, -0.2) is 12.1 Å². The fourth-order valence-corrected chi connectivity index (χ4v) is 1.91. The summed E-state index contributed by atoms with van der Waals surface area (Å²) in [5, 5.41) is 0. The van der Waals surface area contributed by atoms with E-state index < -0.39 is 0 Å². The minimum atomic E-state index is -0.161. The number of hydrogen-bond acceptors (Lipinski definition) is 4. The lowest BCUT2D eigenvalue weighted by Crippen LogP contribution is -2.15. The summed E-state index contributed by atoms with van der Waals surface area (Å²) in [4.78, 5) is 4.05. The molecule has 0 aliphatic heterocycles. The molecule has 0 fully saturated rings. The van der Waals surface area contributed by atoms with Gasteiger partial charge in [-0.3, -0.25) is 0 Å². The first kappa shape index (κ1) is 12.4. The van der Waals surface area contributed by atoms with Crippen LogP contribution in [0.25, 0.3) is 0 Å². The molecule has 1 aromatic heterocycles. The second-order valence-corrected chi connectivity index (χ2v) is 4.14. The molecule has 1 unspecified atom stereocenters. The normalized spacial score (nSPS) is 12.1. The number of pyridine rings is 1. The van der Waals surface area contributed by atoms with Crippen LogP contribution in [0.4, 0.5) is 5.82 Å². The molecule has 1 atom stereocenters. The van der Waals surface area contributed by atoms with Gasteiger partial charge in [0.25, 0.3) is 0 Å². The number of hydrogen-bond donors (Lipinski definition) is 2. The lowest BCUT2D eigenvalue weighted by atomic mass is 10.00. The zero-order valence-corrected chi connectivity index (χ0v) is 10.3. The number of nitrogens with two attached hydrogens (primary N) is 2. The maximum Gasteiger partial charge on any atom is 0.128 e. The van der Waals surface area contributed by atoms with Crippen LogP contribution in [0.2, 0.25) is 0 Å². The van der Waals surface area contributed by atoms with Crippen molar-refractivity contribution in [2.75, 3.05) is 12.8 Å². The van der Waals surface area contributed by atoms with Gasteiger partial charge in [-0.25, -0.2) is 4.98 Å². The molecule has 18 heavy (non-hydrogen) atoms. The van der Waals surface area contributed by atoms with E-state index in [9.17, 15) is 0 Å². The van der Waals surface area contributed by atoms with Crippen molar-refractivity contribution in [2.24, 2.45) is 5.73 Å². The fraction of sp³-hybridized carbons (Fsp3) is 0.214. The monoisotopic (exact) mass is 243 g/mol. The lowest BCUT2D eigenvalue weighted by molar-refractivity contribution is 0.414. The smallest absolute Gasteiger partial charge is 0.128 e. The molecule has 0 aliphatic carbocycles. The van der Waals surface area contributed by atoms with Gasteiger partial charge in [0.05, 0.1) is 7.11 Å². The summed E-state index contributed by atoms with van der Waals surface area (Å²) in [5.74, 6) is 1.33. The highest BCUT2D eigenvalue weighted by Crippen LogP contribution is 2.21. The lowest BCUT2D eigenvalue weighted by Gasteiger charge is -2.14. The molecule has 0 amide bonds. The van der Waals surface area contributed by atoms with E-state index in [0.717, 1.165) is 16.9 Å². The third-order valence-corrected chi connectivity index (χ3v) is 2.86. The Kier molecular flexibility index (Phi) is 3.79. The molecule has 94 valence electrons. The van der Waals surface area contributed by atoms with Crippen molar-refractivity contribution in [2.45, 2.75) is 12.5 Å². The van der Waals surface area contributed by atoms with Crippen LogP contribution in [-0.2, 0) is 6.42 Å². The van der Waals surface area contributed by atoms with Gasteiger partial charge in [0.15, 0.2) is 0 Å². The molecular formula is C14H17N3O. The Balaban J connectivity index is 2.16. The van der Waals surface area contributed by atoms with Crippen LogP contribution in [0, 0.1) is 0 Å². The molecular weight excluding hydrogens is 226 g/mol. The van der Waals surface area contributed by atoms with Crippen LogP contribution in [0.3, 0.4) is 0 Å². The van der Waals surface area contributed by atoms with Gasteiger partial charge in [0.1, 0.15) is 11.6 Å². The molecule has 2 aromatic rings. The number of aromatic nitrogens is 1. The maximum atomic E-state index is 6.16. The number of ether oxygens (including phenoxy) is 1. The first-order valence-corrected chi connectivity index (χ1v) is 5.79. The molecule has 0 bridgehead atoms. The van der Waals surface area contributed by atoms with Crippen LogP contribution in [0.15, 0.2) is 42.6 Å². The number of nitrogens with zero attached hydrogens (tertiary/aromatic N) is 1. The van der Waals surface area contributed by atoms with Crippen LogP contribution in [0.5, 0.6) is 5.75 Å². The van der Waals surface area contributed by atoms with Crippen LogP contribution >= 0.6 is 0 Å². The first-order valence-electron chi connectivity index (χ1n) is 5.79. The molecule has 4 N–H and O–H groups in total. The maximum absolute atomic E-state index is 6.16. The van der Waals surface area contributed by atoms with Gasteiger partial charge < -0.3 is 16.2 Å². The van der Waals surface area contributed by atoms with E-state index in [2.05, 4.69) is 4.98 Å². The highest BCUT2D eigenvalue weighted by atomic mass is 16.5. The zero-order valence-electron chi connectivity index (χ0n) is 10.3. The van der Waals surface area contributed by atoms with Crippen molar-refractivity contribution >= 4 is 5.82 Å². The molecule has 0 saturated carbocycles.